The van der Waals surface area contributed by atoms with Gasteiger partial charge in [-0.15, -0.1) is 0 Å². The first-order valence-electron chi connectivity index (χ1n) is 5.94. The summed E-state index contributed by atoms with van der Waals surface area (Å²) in [5.41, 5.74) is 2.76. The third kappa shape index (κ3) is 3.53. The van der Waals surface area contributed by atoms with Crippen molar-refractivity contribution in [1.29, 1.82) is 0 Å². The summed E-state index contributed by atoms with van der Waals surface area (Å²) in [5, 5.41) is 3.27. The van der Waals surface area contributed by atoms with Crippen LogP contribution in [0.2, 0.25) is 0 Å². The molecule has 2 rings (SSSR count). The van der Waals surface area contributed by atoms with Crippen molar-refractivity contribution in [3.63, 3.8) is 0 Å². The summed E-state index contributed by atoms with van der Waals surface area (Å²) in [6, 6.07) is 9.80. The second-order valence-corrected chi connectivity index (χ2v) is 5.47. The van der Waals surface area contributed by atoms with Crippen LogP contribution in [0.4, 0.5) is 14.5 Å². The molecule has 0 heterocycles. The van der Waals surface area contributed by atoms with Crippen LogP contribution in [0.25, 0.3) is 0 Å². The summed E-state index contributed by atoms with van der Waals surface area (Å²) in [5.74, 6) is -1.65. The zero-order valence-electron chi connectivity index (χ0n) is 10.7. The highest BCUT2D eigenvalue weighted by Crippen LogP contribution is 2.24. The van der Waals surface area contributed by atoms with Crippen LogP contribution in [0.3, 0.4) is 0 Å². The molecule has 0 spiro atoms. The SMILES string of the molecule is Cc1cc(Br)cc(NC(C)c2ccc(F)c(F)c2)c1. The van der Waals surface area contributed by atoms with E-state index in [1.54, 1.807) is 6.07 Å². The average Bonchev–Trinajstić information content (AvgIpc) is 2.31. The Morgan fingerprint density at radius 2 is 1.79 bits per heavy atom. The molecule has 0 aliphatic heterocycles. The van der Waals surface area contributed by atoms with Crippen LogP contribution in [0.5, 0.6) is 0 Å². The van der Waals surface area contributed by atoms with E-state index in [2.05, 4.69) is 21.2 Å². The van der Waals surface area contributed by atoms with Crippen molar-refractivity contribution in [2.24, 2.45) is 0 Å². The molecule has 1 N–H and O–H groups in total. The molecule has 2 aromatic rings. The Labute approximate surface area is 119 Å². The first kappa shape index (κ1) is 14.0. The molecule has 0 fully saturated rings. The van der Waals surface area contributed by atoms with Gasteiger partial charge < -0.3 is 5.32 Å². The van der Waals surface area contributed by atoms with E-state index in [1.807, 2.05) is 32.0 Å². The highest BCUT2D eigenvalue weighted by molar-refractivity contribution is 9.10. The Bertz CT molecular complexity index is 578. The molecule has 0 amide bonds. The van der Waals surface area contributed by atoms with Gasteiger partial charge in [-0.1, -0.05) is 22.0 Å². The Hall–Kier alpha value is -1.42. The summed E-state index contributed by atoms with van der Waals surface area (Å²) in [4.78, 5) is 0. The third-order valence-electron chi connectivity index (χ3n) is 2.87. The summed E-state index contributed by atoms with van der Waals surface area (Å²) < 4.78 is 27.1. The highest BCUT2D eigenvalue weighted by atomic mass is 79.9. The van der Waals surface area contributed by atoms with E-state index in [-0.39, 0.29) is 6.04 Å². The van der Waals surface area contributed by atoms with E-state index in [0.717, 1.165) is 21.8 Å². The van der Waals surface area contributed by atoms with E-state index >= 15 is 0 Å². The Morgan fingerprint density at radius 3 is 2.42 bits per heavy atom. The number of hydrogen-bond donors (Lipinski definition) is 1. The van der Waals surface area contributed by atoms with Crippen LogP contribution in [0.15, 0.2) is 40.9 Å². The number of halogens is 3. The van der Waals surface area contributed by atoms with Gasteiger partial charge in [0, 0.05) is 16.2 Å². The standard InChI is InChI=1S/C15H14BrF2N/c1-9-5-12(16)8-13(6-9)19-10(2)11-3-4-14(17)15(18)7-11/h3-8,10,19H,1-2H3. The molecule has 2 aromatic carbocycles. The van der Waals surface area contributed by atoms with Gasteiger partial charge in [0.25, 0.3) is 0 Å². The number of rotatable bonds is 3. The minimum Gasteiger partial charge on any atom is -0.378 e. The summed E-state index contributed by atoms with van der Waals surface area (Å²) in [6.07, 6.45) is 0. The fourth-order valence-corrected chi connectivity index (χ4v) is 2.54. The molecule has 19 heavy (non-hydrogen) atoms. The summed E-state index contributed by atoms with van der Waals surface area (Å²) >= 11 is 3.43. The lowest BCUT2D eigenvalue weighted by Crippen LogP contribution is -2.07. The van der Waals surface area contributed by atoms with E-state index in [1.165, 1.54) is 6.07 Å². The molecule has 0 aliphatic carbocycles. The average molecular weight is 326 g/mol. The normalized spacial score (nSPS) is 12.3. The first-order valence-corrected chi connectivity index (χ1v) is 6.73. The van der Waals surface area contributed by atoms with Crippen molar-refractivity contribution in [2.45, 2.75) is 19.9 Å². The zero-order valence-corrected chi connectivity index (χ0v) is 12.3. The van der Waals surface area contributed by atoms with Crippen LogP contribution in [-0.4, -0.2) is 0 Å². The monoisotopic (exact) mass is 325 g/mol. The van der Waals surface area contributed by atoms with Crippen molar-refractivity contribution < 1.29 is 8.78 Å². The lowest BCUT2D eigenvalue weighted by Gasteiger charge is -2.16. The van der Waals surface area contributed by atoms with E-state index in [9.17, 15) is 8.78 Å². The Balaban J connectivity index is 2.20. The molecule has 100 valence electrons. The minimum absolute atomic E-state index is 0.108. The maximum atomic E-state index is 13.2. The van der Waals surface area contributed by atoms with Crippen molar-refractivity contribution in [2.75, 3.05) is 5.32 Å². The van der Waals surface area contributed by atoms with Crippen LogP contribution < -0.4 is 5.32 Å². The molecule has 1 unspecified atom stereocenters. The number of aryl methyl sites for hydroxylation is 1. The highest BCUT2D eigenvalue weighted by Gasteiger charge is 2.09. The van der Waals surface area contributed by atoms with Gasteiger partial charge in [-0.3, -0.25) is 0 Å². The molecular formula is C15H14BrF2N. The number of nitrogens with one attached hydrogen (secondary N) is 1. The van der Waals surface area contributed by atoms with E-state index < -0.39 is 11.6 Å². The van der Waals surface area contributed by atoms with Gasteiger partial charge in [0.2, 0.25) is 0 Å². The van der Waals surface area contributed by atoms with Gasteiger partial charge in [-0.2, -0.15) is 0 Å². The van der Waals surface area contributed by atoms with Crippen LogP contribution in [0.1, 0.15) is 24.1 Å². The third-order valence-corrected chi connectivity index (χ3v) is 3.33. The largest absolute Gasteiger partial charge is 0.378 e. The second-order valence-electron chi connectivity index (χ2n) is 4.56. The molecular weight excluding hydrogens is 312 g/mol. The predicted octanol–water partition coefficient (Wildman–Crippen LogP) is 5.21. The number of benzene rings is 2. The van der Waals surface area contributed by atoms with Gasteiger partial charge in [0.15, 0.2) is 11.6 Å². The van der Waals surface area contributed by atoms with Crippen molar-refractivity contribution in [1.82, 2.24) is 0 Å². The van der Waals surface area contributed by atoms with Gasteiger partial charge in [0.1, 0.15) is 0 Å². The van der Waals surface area contributed by atoms with E-state index in [0.29, 0.717) is 5.56 Å². The number of anilines is 1. The molecule has 0 radical (unpaired) electrons. The maximum absolute atomic E-state index is 13.2. The number of hydrogen-bond acceptors (Lipinski definition) is 1. The van der Waals surface area contributed by atoms with Gasteiger partial charge >= 0.3 is 0 Å². The fourth-order valence-electron chi connectivity index (χ4n) is 1.93. The molecule has 0 saturated heterocycles. The topological polar surface area (TPSA) is 12.0 Å². The van der Waals surface area contributed by atoms with Crippen LogP contribution in [0, 0.1) is 18.6 Å². The van der Waals surface area contributed by atoms with Crippen LogP contribution in [-0.2, 0) is 0 Å². The quantitative estimate of drug-likeness (QED) is 0.816. The molecule has 4 heteroatoms. The van der Waals surface area contributed by atoms with Gasteiger partial charge in [0.05, 0.1) is 0 Å². The van der Waals surface area contributed by atoms with Gasteiger partial charge in [-0.25, -0.2) is 8.78 Å². The van der Waals surface area contributed by atoms with Crippen molar-refractivity contribution in [3.05, 3.63) is 63.6 Å². The Morgan fingerprint density at radius 1 is 1.05 bits per heavy atom. The van der Waals surface area contributed by atoms with Gasteiger partial charge in [-0.05, 0) is 55.3 Å². The summed E-state index contributed by atoms with van der Waals surface area (Å²) in [7, 11) is 0. The van der Waals surface area contributed by atoms with E-state index in [4.69, 9.17) is 0 Å². The zero-order chi connectivity index (χ0) is 14.0. The predicted molar refractivity (Wildman–Crippen MR) is 77.3 cm³/mol. The molecule has 0 aromatic heterocycles. The molecule has 1 nitrogen and oxygen atoms in total. The smallest absolute Gasteiger partial charge is 0.159 e. The maximum Gasteiger partial charge on any atom is 0.159 e. The Kier molecular flexibility index (Phi) is 4.20. The summed E-state index contributed by atoms with van der Waals surface area (Å²) in [6.45, 7) is 3.90. The molecule has 0 bridgehead atoms. The molecule has 0 aliphatic rings. The molecule has 0 saturated carbocycles. The van der Waals surface area contributed by atoms with Crippen molar-refractivity contribution in [3.8, 4) is 0 Å². The fraction of sp³-hybridized carbons (Fsp3) is 0.200. The first-order chi connectivity index (χ1) is 8.95. The van der Waals surface area contributed by atoms with Crippen LogP contribution >= 0.6 is 15.9 Å². The minimum atomic E-state index is -0.825. The van der Waals surface area contributed by atoms with Crippen molar-refractivity contribution >= 4 is 21.6 Å². The molecule has 1 atom stereocenters. The second kappa shape index (κ2) is 5.70. The lowest BCUT2D eigenvalue weighted by atomic mass is 10.1. The lowest BCUT2D eigenvalue weighted by molar-refractivity contribution is 0.506.